The van der Waals surface area contributed by atoms with Gasteiger partial charge in [-0.2, -0.15) is 0 Å². The highest BCUT2D eigenvalue weighted by Crippen LogP contribution is 2.01. The predicted molar refractivity (Wildman–Crippen MR) is 53.2 cm³/mol. The minimum atomic E-state index is -0.232. The molecule has 3 N–H and O–H groups in total. The summed E-state index contributed by atoms with van der Waals surface area (Å²) < 4.78 is 0.457. The molecule has 1 amide bonds. The van der Waals surface area contributed by atoms with Crippen molar-refractivity contribution < 1.29 is 4.79 Å². The van der Waals surface area contributed by atoms with Gasteiger partial charge in [0.15, 0.2) is 4.77 Å². The molecule has 1 rings (SSSR count). The molecular formula is C8H13N3OS. The van der Waals surface area contributed by atoms with Crippen LogP contribution in [0.3, 0.4) is 0 Å². The summed E-state index contributed by atoms with van der Waals surface area (Å²) in [6.07, 6.45) is 1.56. The third-order valence-electron chi connectivity index (χ3n) is 1.33. The van der Waals surface area contributed by atoms with E-state index in [-0.39, 0.29) is 11.4 Å². The van der Waals surface area contributed by atoms with Gasteiger partial charge in [0, 0.05) is 11.7 Å². The van der Waals surface area contributed by atoms with Crippen LogP contribution in [0.1, 0.15) is 31.3 Å². The van der Waals surface area contributed by atoms with Crippen LogP contribution in [0.5, 0.6) is 0 Å². The van der Waals surface area contributed by atoms with Gasteiger partial charge in [-0.1, -0.05) is 0 Å². The molecule has 5 heteroatoms. The van der Waals surface area contributed by atoms with Gasteiger partial charge < -0.3 is 15.3 Å². The van der Waals surface area contributed by atoms with Crippen molar-refractivity contribution in [2.75, 3.05) is 0 Å². The van der Waals surface area contributed by atoms with Crippen LogP contribution < -0.4 is 5.32 Å². The predicted octanol–water partition coefficient (Wildman–Crippen LogP) is 1.60. The van der Waals surface area contributed by atoms with Crippen LogP contribution in [0, 0.1) is 4.77 Å². The van der Waals surface area contributed by atoms with E-state index in [1.807, 2.05) is 20.8 Å². The van der Waals surface area contributed by atoms with Gasteiger partial charge in [0.2, 0.25) is 0 Å². The molecule has 13 heavy (non-hydrogen) atoms. The number of rotatable bonds is 1. The van der Waals surface area contributed by atoms with Crippen LogP contribution in [0.15, 0.2) is 6.20 Å². The molecule has 0 fully saturated rings. The van der Waals surface area contributed by atoms with Crippen molar-refractivity contribution in [2.24, 2.45) is 0 Å². The van der Waals surface area contributed by atoms with Crippen LogP contribution in [0.2, 0.25) is 0 Å². The third-order valence-corrected chi connectivity index (χ3v) is 1.55. The van der Waals surface area contributed by atoms with E-state index in [4.69, 9.17) is 12.2 Å². The zero-order chi connectivity index (χ0) is 10.1. The van der Waals surface area contributed by atoms with E-state index in [0.717, 1.165) is 0 Å². The number of nitrogens with one attached hydrogen (secondary N) is 3. The zero-order valence-electron chi connectivity index (χ0n) is 7.89. The fourth-order valence-electron chi connectivity index (χ4n) is 0.862. The zero-order valence-corrected chi connectivity index (χ0v) is 8.71. The summed E-state index contributed by atoms with van der Waals surface area (Å²) in [5, 5.41) is 2.81. The summed E-state index contributed by atoms with van der Waals surface area (Å²) in [6.45, 7) is 5.77. The van der Waals surface area contributed by atoms with Gasteiger partial charge in [-0.05, 0) is 33.0 Å². The number of aromatic nitrogens is 2. The maximum Gasteiger partial charge on any atom is 0.269 e. The first-order valence-corrected chi connectivity index (χ1v) is 4.39. The molecule has 0 atom stereocenters. The largest absolute Gasteiger partial charge is 0.346 e. The van der Waals surface area contributed by atoms with Gasteiger partial charge in [0.05, 0.1) is 0 Å². The fraction of sp³-hybridized carbons (Fsp3) is 0.500. The number of hydrogen-bond donors (Lipinski definition) is 3. The Hall–Kier alpha value is -1.10. The Kier molecular flexibility index (Phi) is 2.56. The summed E-state index contributed by atoms with van der Waals surface area (Å²) in [5.74, 6) is -0.153. The lowest BCUT2D eigenvalue weighted by Crippen LogP contribution is -2.40. The molecule has 0 bridgehead atoms. The van der Waals surface area contributed by atoms with E-state index in [1.165, 1.54) is 0 Å². The number of aromatic amines is 2. The van der Waals surface area contributed by atoms with Crippen molar-refractivity contribution in [1.82, 2.24) is 15.3 Å². The molecule has 1 heterocycles. The van der Waals surface area contributed by atoms with Crippen molar-refractivity contribution in [3.8, 4) is 0 Å². The minimum Gasteiger partial charge on any atom is -0.346 e. The number of H-pyrrole nitrogens is 2. The quantitative estimate of drug-likeness (QED) is 0.602. The Balaban J connectivity index is 2.75. The maximum atomic E-state index is 11.5. The SMILES string of the molecule is CC(C)(C)NC(=O)c1c[nH]c(=S)[nH]1. The molecule has 0 aliphatic carbocycles. The molecule has 0 aliphatic heterocycles. The van der Waals surface area contributed by atoms with Gasteiger partial charge >= 0.3 is 0 Å². The van der Waals surface area contributed by atoms with Crippen molar-refractivity contribution in [3.05, 3.63) is 16.7 Å². The maximum absolute atomic E-state index is 11.5. The molecule has 0 saturated heterocycles. The molecule has 0 aliphatic rings. The Morgan fingerprint density at radius 1 is 1.54 bits per heavy atom. The summed E-state index contributed by atoms with van der Waals surface area (Å²) in [6, 6.07) is 0. The first-order chi connectivity index (χ1) is 5.88. The van der Waals surface area contributed by atoms with E-state index in [0.29, 0.717) is 10.5 Å². The average molecular weight is 199 g/mol. The second-order valence-electron chi connectivity index (χ2n) is 3.86. The van der Waals surface area contributed by atoms with Gasteiger partial charge in [-0.3, -0.25) is 4.79 Å². The first-order valence-electron chi connectivity index (χ1n) is 3.99. The second kappa shape index (κ2) is 3.33. The van der Waals surface area contributed by atoms with Gasteiger partial charge in [-0.15, -0.1) is 0 Å². The highest BCUT2D eigenvalue weighted by atomic mass is 32.1. The summed E-state index contributed by atoms with van der Waals surface area (Å²) in [4.78, 5) is 16.9. The van der Waals surface area contributed by atoms with E-state index in [2.05, 4.69) is 15.3 Å². The topological polar surface area (TPSA) is 60.7 Å². The number of amides is 1. The van der Waals surface area contributed by atoms with Gasteiger partial charge in [0.1, 0.15) is 5.69 Å². The Morgan fingerprint density at radius 2 is 2.15 bits per heavy atom. The third kappa shape index (κ3) is 3.02. The average Bonchev–Trinajstić information content (AvgIpc) is 2.31. The molecule has 0 radical (unpaired) electrons. The van der Waals surface area contributed by atoms with Crippen LogP contribution in [0.4, 0.5) is 0 Å². The van der Waals surface area contributed by atoms with Crippen LogP contribution in [-0.2, 0) is 0 Å². The standard InChI is InChI=1S/C8H13N3OS/c1-8(2,3)11-6(12)5-4-9-7(13)10-5/h4H,1-3H3,(H,11,12)(H2,9,10,13). The number of carbonyl (C=O) groups is 1. The Morgan fingerprint density at radius 3 is 2.54 bits per heavy atom. The lowest BCUT2D eigenvalue weighted by Gasteiger charge is -2.19. The summed E-state index contributed by atoms with van der Waals surface area (Å²) in [7, 11) is 0. The second-order valence-corrected chi connectivity index (χ2v) is 4.27. The highest BCUT2D eigenvalue weighted by Gasteiger charge is 2.15. The lowest BCUT2D eigenvalue weighted by atomic mass is 10.1. The molecule has 1 aromatic heterocycles. The van der Waals surface area contributed by atoms with Crippen molar-refractivity contribution in [1.29, 1.82) is 0 Å². The molecule has 72 valence electrons. The molecule has 0 unspecified atom stereocenters. The van der Waals surface area contributed by atoms with Crippen molar-refractivity contribution >= 4 is 18.1 Å². The molecule has 0 saturated carbocycles. The molecule has 0 aromatic carbocycles. The molecular weight excluding hydrogens is 186 g/mol. The molecule has 4 nitrogen and oxygen atoms in total. The molecule has 1 aromatic rings. The minimum absolute atomic E-state index is 0.153. The van der Waals surface area contributed by atoms with E-state index >= 15 is 0 Å². The molecule has 0 spiro atoms. The summed E-state index contributed by atoms with van der Waals surface area (Å²) in [5.41, 5.74) is 0.226. The monoisotopic (exact) mass is 199 g/mol. The van der Waals surface area contributed by atoms with E-state index in [1.54, 1.807) is 6.20 Å². The fourth-order valence-corrected chi connectivity index (χ4v) is 1.03. The Labute approximate surface area is 81.8 Å². The van der Waals surface area contributed by atoms with E-state index < -0.39 is 0 Å². The van der Waals surface area contributed by atoms with Crippen molar-refractivity contribution in [2.45, 2.75) is 26.3 Å². The summed E-state index contributed by atoms with van der Waals surface area (Å²) >= 11 is 4.80. The van der Waals surface area contributed by atoms with Gasteiger partial charge in [-0.25, -0.2) is 0 Å². The first kappa shape index (κ1) is 9.98. The van der Waals surface area contributed by atoms with Crippen LogP contribution in [0.25, 0.3) is 0 Å². The number of imidazole rings is 1. The van der Waals surface area contributed by atoms with Gasteiger partial charge in [0.25, 0.3) is 5.91 Å². The van der Waals surface area contributed by atoms with Crippen molar-refractivity contribution in [3.63, 3.8) is 0 Å². The number of carbonyl (C=O) groups excluding carboxylic acids is 1. The van der Waals surface area contributed by atoms with Crippen LogP contribution in [-0.4, -0.2) is 21.4 Å². The van der Waals surface area contributed by atoms with Crippen LogP contribution >= 0.6 is 12.2 Å². The smallest absolute Gasteiger partial charge is 0.269 e. The highest BCUT2D eigenvalue weighted by molar-refractivity contribution is 7.71. The lowest BCUT2D eigenvalue weighted by molar-refractivity contribution is 0.0915. The Bertz CT molecular complexity index is 358. The number of hydrogen-bond acceptors (Lipinski definition) is 2. The van der Waals surface area contributed by atoms with E-state index in [9.17, 15) is 4.79 Å². The normalized spacial score (nSPS) is 11.3.